The molecule has 0 saturated heterocycles. The Morgan fingerprint density at radius 2 is 1.91 bits per heavy atom. The van der Waals surface area contributed by atoms with Crippen LogP contribution in [0.15, 0.2) is 64.6 Å². The van der Waals surface area contributed by atoms with Crippen molar-refractivity contribution < 1.29 is 18.7 Å². The second-order valence-corrected chi connectivity index (χ2v) is 8.18. The Balaban J connectivity index is 1.83. The number of nitrogens with zero attached hydrogens (tertiary/aromatic N) is 1. The van der Waals surface area contributed by atoms with Crippen molar-refractivity contribution in [2.24, 2.45) is 0 Å². The number of rotatable bonds is 7. The Morgan fingerprint density at radius 1 is 1.18 bits per heavy atom. The number of aryl methyl sites for hydroxylation is 1. The molecule has 0 fully saturated rings. The number of carbonyl (C=O) groups excluding carboxylic acids is 1. The molecule has 168 valence electrons. The molecular weight excluding hydrogens is 487 g/mol. The third-order valence-corrected chi connectivity index (χ3v) is 5.67. The number of hydrogen-bond donors (Lipinski definition) is 1. The van der Waals surface area contributed by atoms with Crippen LogP contribution in [0.4, 0.5) is 10.1 Å². The van der Waals surface area contributed by atoms with E-state index in [4.69, 9.17) is 9.47 Å². The SMILES string of the molecule is COc1cc(/C=C(\C#N)C(=O)Nc2cccc(C)c2C)cc(Br)c1OCc1ccc(F)cc1. The van der Waals surface area contributed by atoms with Crippen molar-refractivity contribution in [3.05, 3.63) is 92.7 Å². The standard InChI is InChI=1S/C26H22BrFN2O3/c1-16-5-4-6-23(17(16)2)30-26(31)20(14-29)11-19-12-22(27)25(24(13-19)32-3)33-15-18-7-9-21(28)10-8-18/h4-13H,15H2,1-3H3,(H,30,31)/b20-11+. The van der Waals surface area contributed by atoms with Gasteiger partial charge in [-0.25, -0.2) is 4.39 Å². The number of hydrogen-bond acceptors (Lipinski definition) is 4. The lowest BCUT2D eigenvalue weighted by atomic mass is 10.1. The van der Waals surface area contributed by atoms with Gasteiger partial charge in [0.15, 0.2) is 11.5 Å². The van der Waals surface area contributed by atoms with E-state index >= 15 is 0 Å². The molecule has 0 aliphatic rings. The summed E-state index contributed by atoms with van der Waals surface area (Å²) in [5.74, 6) is 0.0590. The van der Waals surface area contributed by atoms with Gasteiger partial charge in [-0.2, -0.15) is 5.26 Å². The van der Waals surface area contributed by atoms with E-state index in [1.165, 1.54) is 25.3 Å². The fourth-order valence-electron chi connectivity index (χ4n) is 3.09. The molecule has 3 aromatic rings. The number of nitrogens with one attached hydrogen (secondary N) is 1. The molecule has 0 heterocycles. The zero-order chi connectivity index (χ0) is 24.0. The van der Waals surface area contributed by atoms with Gasteiger partial charge in [0.05, 0.1) is 11.6 Å². The average Bonchev–Trinajstić information content (AvgIpc) is 2.80. The second-order valence-electron chi connectivity index (χ2n) is 7.32. The molecule has 3 rings (SSSR count). The highest BCUT2D eigenvalue weighted by Gasteiger charge is 2.15. The molecule has 0 bridgehead atoms. The van der Waals surface area contributed by atoms with Gasteiger partial charge in [0, 0.05) is 5.69 Å². The van der Waals surface area contributed by atoms with Crippen LogP contribution in [0.2, 0.25) is 0 Å². The fourth-order valence-corrected chi connectivity index (χ4v) is 3.66. The van der Waals surface area contributed by atoms with Crippen molar-refractivity contribution in [2.45, 2.75) is 20.5 Å². The van der Waals surface area contributed by atoms with Gasteiger partial charge in [0.1, 0.15) is 24.1 Å². The molecule has 0 radical (unpaired) electrons. The summed E-state index contributed by atoms with van der Waals surface area (Å²) in [7, 11) is 1.50. The lowest BCUT2D eigenvalue weighted by Crippen LogP contribution is -2.14. The molecule has 0 spiro atoms. The highest BCUT2D eigenvalue weighted by atomic mass is 79.9. The molecule has 0 aromatic heterocycles. The van der Waals surface area contributed by atoms with Gasteiger partial charge in [-0.15, -0.1) is 0 Å². The summed E-state index contributed by atoms with van der Waals surface area (Å²) < 4.78 is 25.0. The number of carbonyl (C=O) groups is 1. The van der Waals surface area contributed by atoms with Crippen LogP contribution in [-0.2, 0) is 11.4 Å². The van der Waals surface area contributed by atoms with E-state index in [-0.39, 0.29) is 18.0 Å². The number of methoxy groups -OCH3 is 1. The maximum absolute atomic E-state index is 13.1. The third-order valence-electron chi connectivity index (χ3n) is 5.08. The van der Waals surface area contributed by atoms with E-state index in [2.05, 4.69) is 21.2 Å². The van der Waals surface area contributed by atoms with Crippen LogP contribution in [0.25, 0.3) is 6.08 Å². The van der Waals surface area contributed by atoms with Crippen LogP contribution < -0.4 is 14.8 Å². The number of ether oxygens (including phenoxy) is 2. The van der Waals surface area contributed by atoms with E-state index in [1.807, 2.05) is 32.0 Å². The zero-order valence-electron chi connectivity index (χ0n) is 18.4. The molecule has 1 amide bonds. The first-order valence-electron chi connectivity index (χ1n) is 10.1. The number of anilines is 1. The highest BCUT2D eigenvalue weighted by molar-refractivity contribution is 9.10. The van der Waals surface area contributed by atoms with Crippen molar-refractivity contribution in [1.29, 1.82) is 5.26 Å². The molecular formula is C26H22BrFN2O3. The van der Waals surface area contributed by atoms with E-state index < -0.39 is 5.91 Å². The molecule has 33 heavy (non-hydrogen) atoms. The van der Waals surface area contributed by atoms with Gasteiger partial charge in [0.25, 0.3) is 5.91 Å². The van der Waals surface area contributed by atoms with Crippen molar-refractivity contribution in [1.82, 2.24) is 0 Å². The summed E-state index contributed by atoms with van der Waals surface area (Å²) in [5.41, 5.74) is 3.97. The van der Waals surface area contributed by atoms with Gasteiger partial charge in [-0.1, -0.05) is 24.3 Å². The first-order valence-corrected chi connectivity index (χ1v) is 10.9. The van der Waals surface area contributed by atoms with Crippen LogP contribution in [0.5, 0.6) is 11.5 Å². The van der Waals surface area contributed by atoms with Crippen molar-refractivity contribution in [2.75, 3.05) is 12.4 Å². The van der Waals surface area contributed by atoms with E-state index in [9.17, 15) is 14.4 Å². The monoisotopic (exact) mass is 508 g/mol. The molecule has 0 atom stereocenters. The van der Waals surface area contributed by atoms with Gasteiger partial charge in [0.2, 0.25) is 0 Å². The first kappa shape index (κ1) is 24.0. The van der Waals surface area contributed by atoms with E-state index in [0.717, 1.165) is 16.7 Å². The topological polar surface area (TPSA) is 71.3 Å². The quantitative estimate of drug-likeness (QED) is 0.298. The maximum atomic E-state index is 13.1. The number of nitriles is 1. The van der Waals surface area contributed by atoms with Crippen molar-refractivity contribution >= 4 is 33.6 Å². The molecule has 0 aliphatic carbocycles. The van der Waals surface area contributed by atoms with Gasteiger partial charge in [-0.3, -0.25) is 4.79 Å². The lowest BCUT2D eigenvalue weighted by Gasteiger charge is -2.14. The normalized spacial score (nSPS) is 11.0. The third kappa shape index (κ3) is 5.99. The summed E-state index contributed by atoms with van der Waals surface area (Å²) in [6.45, 7) is 4.08. The van der Waals surface area contributed by atoms with Crippen LogP contribution in [0, 0.1) is 31.0 Å². The van der Waals surface area contributed by atoms with Crippen LogP contribution in [0.3, 0.4) is 0 Å². The number of amides is 1. The minimum absolute atomic E-state index is 0.0511. The molecule has 0 unspecified atom stereocenters. The Bertz CT molecular complexity index is 1250. The van der Waals surface area contributed by atoms with E-state index in [0.29, 0.717) is 27.2 Å². The molecule has 1 N–H and O–H groups in total. The predicted octanol–water partition coefficient (Wildman–Crippen LogP) is 6.34. The molecule has 0 aliphatic heterocycles. The summed E-state index contributed by atoms with van der Waals surface area (Å²) in [5, 5.41) is 12.4. The summed E-state index contributed by atoms with van der Waals surface area (Å²) in [6, 6.07) is 17.0. The summed E-state index contributed by atoms with van der Waals surface area (Å²) in [4.78, 5) is 12.7. The molecule has 7 heteroatoms. The van der Waals surface area contributed by atoms with Crippen LogP contribution >= 0.6 is 15.9 Å². The Labute approximate surface area is 200 Å². The molecule has 3 aromatic carbocycles. The second kappa shape index (κ2) is 10.8. The summed E-state index contributed by atoms with van der Waals surface area (Å²) >= 11 is 3.47. The predicted molar refractivity (Wildman–Crippen MR) is 130 cm³/mol. The van der Waals surface area contributed by atoms with Crippen LogP contribution in [-0.4, -0.2) is 13.0 Å². The highest BCUT2D eigenvalue weighted by Crippen LogP contribution is 2.38. The zero-order valence-corrected chi connectivity index (χ0v) is 20.0. The Hall–Kier alpha value is -3.63. The summed E-state index contributed by atoms with van der Waals surface area (Å²) in [6.07, 6.45) is 1.48. The largest absolute Gasteiger partial charge is 0.493 e. The minimum Gasteiger partial charge on any atom is -0.493 e. The minimum atomic E-state index is -0.502. The van der Waals surface area contributed by atoms with Gasteiger partial charge >= 0.3 is 0 Å². The maximum Gasteiger partial charge on any atom is 0.266 e. The van der Waals surface area contributed by atoms with E-state index in [1.54, 1.807) is 30.3 Å². The average molecular weight is 509 g/mol. The Morgan fingerprint density at radius 3 is 2.58 bits per heavy atom. The Kier molecular flexibility index (Phi) is 7.86. The van der Waals surface area contributed by atoms with Crippen molar-refractivity contribution in [3.63, 3.8) is 0 Å². The number of benzene rings is 3. The van der Waals surface area contributed by atoms with Gasteiger partial charge < -0.3 is 14.8 Å². The first-order chi connectivity index (χ1) is 15.8. The molecule has 5 nitrogen and oxygen atoms in total. The molecule has 0 saturated carbocycles. The van der Waals surface area contributed by atoms with Crippen molar-refractivity contribution in [3.8, 4) is 17.6 Å². The van der Waals surface area contributed by atoms with Gasteiger partial charge in [-0.05, 0) is 88.4 Å². The number of halogens is 2. The smallest absolute Gasteiger partial charge is 0.266 e. The lowest BCUT2D eigenvalue weighted by molar-refractivity contribution is -0.112. The fraction of sp³-hybridized carbons (Fsp3) is 0.154. The van der Waals surface area contributed by atoms with Crippen LogP contribution in [0.1, 0.15) is 22.3 Å².